The van der Waals surface area contributed by atoms with Gasteiger partial charge < -0.3 is 5.73 Å². The number of hydrogen-bond acceptors (Lipinski definition) is 1. The summed E-state index contributed by atoms with van der Waals surface area (Å²) in [6.07, 6.45) is 2.86. The van der Waals surface area contributed by atoms with Crippen molar-refractivity contribution in [2.75, 3.05) is 0 Å². The van der Waals surface area contributed by atoms with Crippen molar-refractivity contribution in [2.45, 2.75) is 33.1 Å². The number of carbonyl (C=O) groups is 1. The van der Waals surface area contributed by atoms with Crippen molar-refractivity contribution >= 4 is 5.91 Å². The molecule has 2 N–H and O–H groups in total. The van der Waals surface area contributed by atoms with Crippen molar-refractivity contribution in [3.63, 3.8) is 0 Å². The van der Waals surface area contributed by atoms with E-state index in [0.29, 0.717) is 0 Å². The van der Waals surface area contributed by atoms with E-state index in [1.165, 1.54) is 0 Å². The fraction of sp³-hybridized carbons (Fsp3) is 0.857. The number of nitrogens with two attached hydrogens (primary N) is 1. The van der Waals surface area contributed by atoms with Gasteiger partial charge in [0.1, 0.15) is 0 Å². The molecular formula is C7H15NO. The van der Waals surface area contributed by atoms with Crippen molar-refractivity contribution in [2.24, 2.45) is 11.7 Å². The maximum atomic E-state index is 10.5. The maximum Gasteiger partial charge on any atom is 0.220 e. The molecule has 0 aromatic rings. The average Bonchev–Trinajstić information content (AvgIpc) is 1.82. The van der Waals surface area contributed by atoms with Gasteiger partial charge in [0.05, 0.1) is 0 Å². The fourth-order valence-electron chi connectivity index (χ4n) is 0.896. The topological polar surface area (TPSA) is 43.1 Å². The van der Waals surface area contributed by atoms with Crippen molar-refractivity contribution in [1.29, 1.82) is 0 Å². The Balaban J connectivity index is 3.54. The highest BCUT2D eigenvalue weighted by atomic mass is 16.1. The van der Waals surface area contributed by atoms with Crippen LogP contribution in [0.4, 0.5) is 0 Å². The van der Waals surface area contributed by atoms with Crippen LogP contribution >= 0.6 is 0 Å². The minimum absolute atomic E-state index is 0.106. The Labute approximate surface area is 56.4 Å². The first-order chi connectivity index (χ1) is 4.22. The summed E-state index contributed by atoms with van der Waals surface area (Å²) in [5.74, 6) is -0.0469. The van der Waals surface area contributed by atoms with Gasteiger partial charge in [-0.3, -0.25) is 4.79 Å². The number of primary amides is 1. The number of carbonyl (C=O) groups excluding carboxylic acids is 1. The Morgan fingerprint density at radius 1 is 1.56 bits per heavy atom. The highest BCUT2D eigenvalue weighted by molar-refractivity contribution is 5.76. The lowest BCUT2D eigenvalue weighted by atomic mass is 10.0. The molecule has 54 valence electrons. The molecule has 0 heterocycles. The molecule has 0 aromatic heterocycles. The molecule has 0 unspecified atom stereocenters. The molecule has 0 saturated carbocycles. The Bertz CT molecular complexity index is 90.9. The van der Waals surface area contributed by atoms with Crippen LogP contribution < -0.4 is 5.73 Å². The minimum atomic E-state index is -0.153. The van der Waals surface area contributed by atoms with E-state index in [2.05, 4.69) is 6.92 Å². The Morgan fingerprint density at radius 3 is 2.22 bits per heavy atom. The van der Waals surface area contributed by atoms with Gasteiger partial charge in [0.15, 0.2) is 0 Å². The Morgan fingerprint density at radius 2 is 2.11 bits per heavy atom. The zero-order valence-electron chi connectivity index (χ0n) is 6.18. The van der Waals surface area contributed by atoms with E-state index in [0.717, 1.165) is 19.3 Å². The molecule has 9 heavy (non-hydrogen) atoms. The van der Waals surface area contributed by atoms with Gasteiger partial charge in [-0.1, -0.05) is 20.3 Å². The summed E-state index contributed by atoms with van der Waals surface area (Å²) in [7, 11) is 0. The monoisotopic (exact) mass is 129 g/mol. The zero-order chi connectivity index (χ0) is 7.28. The smallest absolute Gasteiger partial charge is 0.220 e. The summed E-state index contributed by atoms with van der Waals surface area (Å²) in [6.45, 7) is 4.05. The normalized spacial score (nSPS) is 13.1. The summed E-state index contributed by atoms with van der Waals surface area (Å²) >= 11 is 0. The predicted molar refractivity (Wildman–Crippen MR) is 37.9 cm³/mol. The molecule has 0 rings (SSSR count). The van der Waals surface area contributed by atoms with E-state index >= 15 is 0 Å². The van der Waals surface area contributed by atoms with Crippen LogP contribution in [0.15, 0.2) is 0 Å². The second kappa shape index (κ2) is 4.36. The van der Waals surface area contributed by atoms with Crippen molar-refractivity contribution in [3.8, 4) is 0 Å². The third-order valence-corrected chi connectivity index (χ3v) is 1.53. The van der Waals surface area contributed by atoms with Crippen LogP contribution in [0.25, 0.3) is 0 Å². The number of rotatable bonds is 4. The van der Waals surface area contributed by atoms with Crippen LogP contribution in [0.5, 0.6) is 0 Å². The molecule has 2 heteroatoms. The largest absolute Gasteiger partial charge is 0.369 e. The third kappa shape index (κ3) is 3.12. The first-order valence-electron chi connectivity index (χ1n) is 3.51. The average molecular weight is 129 g/mol. The van der Waals surface area contributed by atoms with Crippen LogP contribution in [-0.2, 0) is 4.79 Å². The second-order valence-corrected chi connectivity index (χ2v) is 2.30. The summed E-state index contributed by atoms with van der Waals surface area (Å²) in [6, 6.07) is 0. The van der Waals surface area contributed by atoms with Crippen LogP contribution in [0.1, 0.15) is 33.1 Å². The fourth-order valence-corrected chi connectivity index (χ4v) is 0.896. The highest BCUT2D eigenvalue weighted by Gasteiger charge is 2.09. The molecule has 0 bridgehead atoms. The van der Waals surface area contributed by atoms with E-state index in [-0.39, 0.29) is 11.8 Å². The van der Waals surface area contributed by atoms with E-state index in [1.807, 2.05) is 6.92 Å². The molecule has 0 aliphatic heterocycles. The molecular weight excluding hydrogens is 114 g/mol. The first kappa shape index (κ1) is 8.47. The van der Waals surface area contributed by atoms with Gasteiger partial charge in [0.25, 0.3) is 0 Å². The highest BCUT2D eigenvalue weighted by Crippen LogP contribution is 2.08. The molecule has 0 aliphatic carbocycles. The molecule has 0 radical (unpaired) electrons. The second-order valence-electron chi connectivity index (χ2n) is 2.30. The van der Waals surface area contributed by atoms with Crippen molar-refractivity contribution in [1.82, 2.24) is 0 Å². The first-order valence-corrected chi connectivity index (χ1v) is 3.51. The van der Waals surface area contributed by atoms with E-state index in [1.54, 1.807) is 0 Å². The molecule has 0 fully saturated rings. The summed E-state index contributed by atoms with van der Waals surface area (Å²) < 4.78 is 0. The lowest BCUT2D eigenvalue weighted by Gasteiger charge is -2.06. The van der Waals surface area contributed by atoms with Crippen LogP contribution in [0.2, 0.25) is 0 Å². The Hall–Kier alpha value is -0.530. The van der Waals surface area contributed by atoms with Crippen LogP contribution in [0.3, 0.4) is 0 Å². The quantitative estimate of drug-likeness (QED) is 0.610. The third-order valence-electron chi connectivity index (χ3n) is 1.53. The van der Waals surface area contributed by atoms with E-state index < -0.39 is 0 Å². The molecule has 0 aromatic carbocycles. The van der Waals surface area contributed by atoms with Gasteiger partial charge in [0.2, 0.25) is 5.91 Å². The van der Waals surface area contributed by atoms with E-state index in [9.17, 15) is 4.79 Å². The molecule has 2 nitrogen and oxygen atoms in total. The number of amides is 1. The molecule has 1 amide bonds. The van der Waals surface area contributed by atoms with Gasteiger partial charge in [-0.2, -0.15) is 0 Å². The van der Waals surface area contributed by atoms with Gasteiger partial charge >= 0.3 is 0 Å². The predicted octanol–water partition coefficient (Wildman–Crippen LogP) is 1.30. The van der Waals surface area contributed by atoms with E-state index in [4.69, 9.17) is 5.73 Å². The Kier molecular flexibility index (Phi) is 4.10. The lowest BCUT2D eigenvalue weighted by Crippen LogP contribution is -2.22. The SMILES string of the molecule is CCC[C@@H](CC)C(N)=O. The molecule has 0 aliphatic rings. The standard InChI is InChI=1S/C7H15NO/c1-3-5-6(4-2)7(8)9/h6H,3-5H2,1-2H3,(H2,8,9)/t6-/m1/s1. The lowest BCUT2D eigenvalue weighted by molar-refractivity contribution is -0.122. The zero-order valence-corrected chi connectivity index (χ0v) is 6.18. The van der Waals surface area contributed by atoms with Gasteiger partial charge in [-0.15, -0.1) is 0 Å². The molecule has 0 saturated heterocycles. The van der Waals surface area contributed by atoms with Gasteiger partial charge in [0, 0.05) is 5.92 Å². The summed E-state index contributed by atoms with van der Waals surface area (Å²) in [5.41, 5.74) is 5.09. The maximum absolute atomic E-state index is 10.5. The molecule has 0 spiro atoms. The van der Waals surface area contributed by atoms with Crippen molar-refractivity contribution in [3.05, 3.63) is 0 Å². The van der Waals surface area contributed by atoms with Gasteiger partial charge in [-0.05, 0) is 12.8 Å². The summed E-state index contributed by atoms with van der Waals surface area (Å²) in [5, 5.41) is 0. The molecule has 1 atom stereocenters. The summed E-state index contributed by atoms with van der Waals surface area (Å²) in [4.78, 5) is 10.5. The van der Waals surface area contributed by atoms with Crippen LogP contribution in [0, 0.1) is 5.92 Å². The minimum Gasteiger partial charge on any atom is -0.369 e. The van der Waals surface area contributed by atoms with Crippen LogP contribution in [-0.4, -0.2) is 5.91 Å². The number of hydrogen-bond donors (Lipinski definition) is 1. The van der Waals surface area contributed by atoms with Gasteiger partial charge in [-0.25, -0.2) is 0 Å². The van der Waals surface area contributed by atoms with Crippen molar-refractivity contribution < 1.29 is 4.79 Å².